The summed E-state index contributed by atoms with van der Waals surface area (Å²) in [4.78, 5) is 4.03. The summed E-state index contributed by atoms with van der Waals surface area (Å²) in [6.07, 6.45) is 1.09. The van der Waals surface area contributed by atoms with E-state index in [1.165, 1.54) is 10.6 Å². The average Bonchev–Trinajstić information content (AvgIpc) is 2.37. The summed E-state index contributed by atoms with van der Waals surface area (Å²) in [5.41, 5.74) is 1.31. The van der Waals surface area contributed by atoms with E-state index in [1.807, 2.05) is 12.1 Å². The lowest BCUT2D eigenvalue weighted by atomic mass is 10.2. The minimum Gasteiger partial charge on any atom is -0.300 e. The molecule has 2 nitrogen and oxygen atoms in total. The first-order valence-corrected chi connectivity index (χ1v) is 7.10. The smallest absolute Gasteiger partial charge is 0.132 e. The lowest BCUT2D eigenvalue weighted by Gasteiger charge is -2.31. The Morgan fingerprint density at radius 3 is 2.56 bits per heavy atom. The van der Waals surface area contributed by atoms with Crippen LogP contribution in [0.4, 0.5) is 5.69 Å². The molecule has 1 aliphatic rings. The molecule has 0 aliphatic carbocycles. The molecule has 1 heterocycles. The lowest BCUT2D eigenvalue weighted by Crippen LogP contribution is -3.10. The molecular weight excluding hydrogens is 291 g/mol. The largest absolute Gasteiger partial charge is 0.300 e. The lowest BCUT2D eigenvalue weighted by molar-refractivity contribution is -0.838. The van der Waals surface area contributed by atoms with Crippen molar-refractivity contribution in [3.63, 3.8) is 0 Å². The van der Waals surface area contributed by atoms with E-state index in [-0.39, 0.29) is 12.4 Å². The second-order valence-electron chi connectivity index (χ2n) is 4.50. The molecular formula is C13H20Cl3N2+. The van der Waals surface area contributed by atoms with Gasteiger partial charge in [-0.1, -0.05) is 17.7 Å². The van der Waals surface area contributed by atoms with E-state index < -0.39 is 0 Å². The quantitative estimate of drug-likeness (QED) is 0.838. The van der Waals surface area contributed by atoms with Gasteiger partial charge in [0.15, 0.2) is 0 Å². The second kappa shape index (κ2) is 8.23. The highest BCUT2D eigenvalue weighted by atomic mass is 35.5. The number of nitrogens with one attached hydrogen (secondary N) is 1. The maximum atomic E-state index is 6.02. The standard InChI is InChI=1S/C13H18Cl2N2.ClH/c14-5-2-6-16-7-9-17(10-8-16)13-4-1-3-12(15)11-13;/h1,3-4,11H,2,5-10H2;1H/p+1. The van der Waals surface area contributed by atoms with E-state index >= 15 is 0 Å². The van der Waals surface area contributed by atoms with E-state index in [0.29, 0.717) is 0 Å². The SMILES string of the molecule is Cl.ClCCCN1CC[NH+](c2cccc(Cl)c2)CC1. The number of rotatable bonds is 4. The van der Waals surface area contributed by atoms with Gasteiger partial charge in [-0.25, -0.2) is 0 Å². The molecule has 102 valence electrons. The van der Waals surface area contributed by atoms with Crippen LogP contribution in [-0.4, -0.2) is 43.5 Å². The Labute approximate surface area is 125 Å². The van der Waals surface area contributed by atoms with Crippen LogP contribution in [0.3, 0.4) is 0 Å². The monoisotopic (exact) mass is 309 g/mol. The van der Waals surface area contributed by atoms with E-state index in [4.69, 9.17) is 23.2 Å². The Morgan fingerprint density at radius 2 is 1.94 bits per heavy atom. The fourth-order valence-corrected chi connectivity index (χ4v) is 2.64. The molecule has 0 bridgehead atoms. The Bertz CT molecular complexity index is 352. The van der Waals surface area contributed by atoms with E-state index in [1.54, 1.807) is 0 Å². The molecule has 0 radical (unpaired) electrons. The molecule has 1 fully saturated rings. The summed E-state index contributed by atoms with van der Waals surface area (Å²) in [7, 11) is 0. The van der Waals surface area contributed by atoms with Crippen LogP contribution in [0.15, 0.2) is 24.3 Å². The summed E-state index contributed by atoms with van der Waals surface area (Å²) in [5.74, 6) is 0.765. The van der Waals surface area contributed by atoms with Crippen molar-refractivity contribution in [3.8, 4) is 0 Å². The molecule has 1 aliphatic heterocycles. The molecule has 0 aromatic heterocycles. The van der Waals surface area contributed by atoms with Crippen molar-refractivity contribution in [1.82, 2.24) is 4.90 Å². The zero-order chi connectivity index (χ0) is 12.1. The number of hydrogen-bond donors (Lipinski definition) is 1. The van der Waals surface area contributed by atoms with Crippen molar-refractivity contribution >= 4 is 41.3 Å². The van der Waals surface area contributed by atoms with Crippen LogP contribution in [-0.2, 0) is 0 Å². The molecule has 2 rings (SSSR count). The predicted molar refractivity (Wildman–Crippen MR) is 80.8 cm³/mol. The number of hydrogen-bond acceptors (Lipinski definition) is 1. The van der Waals surface area contributed by atoms with Crippen molar-refractivity contribution in [2.75, 3.05) is 38.6 Å². The molecule has 0 saturated carbocycles. The summed E-state index contributed by atoms with van der Waals surface area (Å²) < 4.78 is 0. The third-order valence-corrected chi connectivity index (χ3v) is 3.80. The third kappa shape index (κ3) is 4.60. The average molecular weight is 311 g/mol. The van der Waals surface area contributed by atoms with Crippen LogP contribution in [0, 0.1) is 0 Å². The van der Waals surface area contributed by atoms with Gasteiger partial charge in [-0.15, -0.1) is 24.0 Å². The molecule has 1 aromatic carbocycles. The number of piperazine rings is 1. The first-order chi connectivity index (χ1) is 8.29. The van der Waals surface area contributed by atoms with Crippen LogP contribution < -0.4 is 4.90 Å². The number of halogens is 3. The van der Waals surface area contributed by atoms with Crippen LogP contribution in [0.1, 0.15) is 6.42 Å². The van der Waals surface area contributed by atoms with Gasteiger partial charge < -0.3 is 4.90 Å². The molecule has 1 saturated heterocycles. The minimum atomic E-state index is 0. The zero-order valence-corrected chi connectivity index (χ0v) is 12.7. The van der Waals surface area contributed by atoms with E-state index in [2.05, 4.69) is 17.0 Å². The van der Waals surface area contributed by atoms with Crippen molar-refractivity contribution in [2.24, 2.45) is 0 Å². The molecule has 5 heteroatoms. The Kier molecular flexibility index (Phi) is 7.35. The number of nitrogens with zero attached hydrogens (tertiary/aromatic N) is 1. The van der Waals surface area contributed by atoms with Gasteiger partial charge in [-0.3, -0.25) is 4.90 Å². The number of benzene rings is 1. The van der Waals surface area contributed by atoms with Gasteiger partial charge in [-0.05, 0) is 25.1 Å². The second-order valence-corrected chi connectivity index (χ2v) is 5.31. The summed E-state index contributed by atoms with van der Waals surface area (Å²) in [5, 5.41) is 0.833. The van der Waals surface area contributed by atoms with Crippen molar-refractivity contribution < 1.29 is 4.90 Å². The van der Waals surface area contributed by atoms with Crippen LogP contribution in [0.2, 0.25) is 5.02 Å². The van der Waals surface area contributed by atoms with E-state index in [9.17, 15) is 0 Å². The number of alkyl halides is 1. The minimum absolute atomic E-state index is 0. The van der Waals surface area contributed by atoms with Gasteiger partial charge in [-0.2, -0.15) is 0 Å². The summed E-state index contributed by atoms with van der Waals surface area (Å²) in [6.45, 7) is 5.75. The van der Waals surface area contributed by atoms with Gasteiger partial charge in [0.25, 0.3) is 0 Å². The van der Waals surface area contributed by atoms with Crippen molar-refractivity contribution in [3.05, 3.63) is 29.3 Å². The van der Waals surface area contributed by atoms with Gasteiger partial charge in [0, 0.05) is 30.1 Å². The number of quaternary nitrogens is 1. The van der Waals surface area contributed by atoms with Crippen LogP contribution in [0.25, 0.3) is 0 Å². The molecule has 0 amide bonds. The Morgan fingerprint density at radius 1 is 1.22 bits per heavy atom. The van der Waals surface area contributed by atoms with Gasteiger partial charge in [0.1, 0.15) is 5.69 Å². The maximum Gasteiger partial charge on any atom is 0.132 e. The molecule has 1 N–H and O–H groups in total. The maximum absolute atomic E-state index is 6.02. The van der Waals surface area contributed by atoms with Crippen molar-refractivity contribution in [1.29, 1.82) is 0 Å². The summed E-state index contributed by atoms with van der Waals surface area (Å²) >= 11 is 11.7. The van der Waals surface area contributed by atoms with Crippen LogP contribution >= 0.6 is 35.6 Å². The molecule has 0 spiro atoms. The molecule has 0 unspecified atom stereocenters. The van der Waals surface area contributed by atoms with E-state index in [0.717, 1.165) is 50.0 Å². The summed E-state index contributed by atoms with van der Waals surface area (Å²) in [6, 6.07) is 8.20. The molecule has 0 atom stereocenters. The van der Waals surface area contributed by atoms with Gasteiger partial charge in [0.2, 0.25) is 0 Å². The molecule has 1 aromatic rings. The highest BCUT2D eigenvalue weighted by Crippen LogP contribution is 2.11. The first-order valence-electron chi connectivity index (χ1n) is 6.18. The topological polar surface area (TPSA) is 7.68 Å². The first kappa shape index (κ1) is 16.1. The van der Waals surface area contributed by atoms with Crippen LogP contribution in [0.5, 0.6) is 0 Å². The Balaban J connectivity index is 0.00000162. The van der Waals surface area contributed by atoms with Gasteiger partial charge >= 0.3 is 0 Å². The van der Waals surface area contributed by atoms with Gasteiger partial charge in [0.05, 0.1) is 13.1 Å². The normalized spacial score (nSPS) is 17.4. The third-order valence-electron chi connectivity index (χ3n) is 3.30. The highest BCUT2D eigenvalue weighted by molar-refractivity contribution is 6.30. The fourth-order valence-electron chi connectivity index (χ4n) is 2.33. The predicted octanol–water partition coefficient (Wildman–Crippen LogP) is 2.22. The molecule has 18 heavy (non-hydrogen) atoms. The fraction of sp³-hybridized carbons (Fsp3) is 0.538. The highest BCUT2D eigenvalue weighted by Gasteiger charge is 2.21. The Hall–Kier alpha value is 0.01000. The van der Waals surface area contributed by atoms with Crippen molar-refractivity contribution in [2.45, 2.75) is 6.42 Å². The zero-order valence-electron chi connectivity index (χ0n) is 10.4.